The smallest absolute Gasteiger partial charge is 0.258 e. The summed E-state index contributed by atoms with van der Waals surface area (Å²) in [6.07, 6.45) is 1.42. The zero-order valence-electron chi connectivity index (χ0n) is 13.8. The molecule has 3 heterocycles. The first-order valence-corrected chi connectivity index (χ1v) is 7.74. The molecule has 0 bridgehead atoms. The highest BCUT2D eigenvalue weighted by atomic mass is 19.1. The Labute approximate surface area is 146 Å². The molecule has 0 radical (unpaired) electrons. The van der Waals surface area contributed by atoms with E-state index in [0.29, 0.717) is 35.3 Å². The van der Waals surface area contributed by atoms with E-state index < -0.39 is 0 Å². The van der Waals surface area contributed by atoms with Gasteiger partial charge in [0.2, 0.25) is 0 Å². The number of anilines is 1. The molecule has 0 aliphatic rings. The Morgan fingerprint density at radius 3 is 3.04 bits per heavy atom. The number of benzene rings is 1. The maximum absolute atomic E-state index is 13.3. The summed E-state index contributed by atoms with van der Waals surface area (Å²) in [7, 11) is 1.59. The van der Waals surface area contributed by atoms with Crippen LogP contribution in [0.4, 0.5) is 10.2 Å². The highest BCUT2D eigenvalue weighted by Crippen LogP contribution is 2.18. The second-order valence-corrected chi connectivity index (χ2v) is 5.42. The van der Waals surface area contributed by atoms with Crippen molar-refractivity contribution in [3.05, 3.63) is 54.0 Å². The topological polar surface area (TPSA) is 103 Å². The van der Waals surface area contributed by atoms with Gasteiger partial charge < -0.3 is 14.6 Å². The van der Waals surface area contributed by atoms with Crippen LogP contribution >= 0.6 is 0 Å². The van der Waals surface area contributed by atoms with Crippen LogP contribution in [0.3, 0.4) is 0 Å². The molecular weight excluding hydrogens is 341 g/mol. The van der Waals surface area contributed by atoms with E-state index in [1.807, 2.05) is 0 Å². The van der Waals surface area contributed by atoms with E-state index in [1.54, 1.807) is 29.8 Å². The van der Waals surface area contributed by atoms with Crippen molar-refractivity contribution in [2.75, 3.05) is 12.4 Å². The van der Waals surface area contributed by atoms with Gasteiger partial charge in [0.15, 0.2) is 5.82 Å². The summed E-state index contributed by atoms with van der Waals surface area (Å²) in [6.45, 7) is 0.633. The Bertz CT molecular complexity index is 1050. The summed E-state index contributed by atoms with van der Waals surface area (Å²) >= 11 is 0. The predicted octanol–water partition coefficient (Wildman–Crippen LogP) is 2.07. The van der Waals surface area contributed by atoms with Crippen LogP contribution < -0.4 is 5.32 Å². The van der Waals surface area contributed by atoms with Crippen molar-refractivity contribution in [2.24, 2.45) is 0 Å². The lowest BCUT2D eigenvalue weighted by molar-refractivity contribution is 0.181. The number of hydrogen-bond donors (Lipinski definition) is 1. The van der Waals surface area contributed by atoms with Crippen molar-refractivity contribution in [1.29, 1.82) is 0 Å². The Morgan fingerprint density at radius 2 is 2.19 bits per heavy atom. The van der Waals surface area contributed by atoms with Crippen molar-refractivity contribution in [2.45, 2.75) is 13.2 Å². The van der Waals surface area contributed by atoms with Crippen LogP contribution in [0.15, 0.2) is 41.2 Å². The first-order valence-electron chi connectivity index (χ1n) is 7.74. The molecule has 0 aliphatic heterocycles. The third kappa shape index (κ3) is 3.22. The highest BCUT2D eigenvalue weighted by Gasteiger charge is 2.12. The summed E-state index contributed by atoms with van der Waals surface area (Å²) in [4.78, 5) is 12.7. The minimum Gasteiger partial charge on any atom is -0.378 e. The molecule has 0 saturated heterocycles. The Balaban J connectivity index is 1.54. The average Bonchev–Trinajstić information content (AvgIpc) is 3.29. The van der Waals surface area contributed by atoms with Gasteiger partial charge in [-0.3, -0.25) is 0 Å². The van der Waals surface area contributed by atoms with Gasteiger partial charge in [-0.15, -0.1) is 0 Å². The molecule has 0 aliphatic carbocycles. The predicted molar refractivity (Wildman–Crippen MR) is 88.5 cm³/mol. The maximum atomic E-state index is 13.3. The van der Waals surface area contributed by atoms with Crippen LogP contribution in [0.2, 0.25) is 0 Å². The number of ether oxygens (including phenoxy) is 1. The molecule has 10 heteroatoms. The van der Waals surface area contributed by atoms with Crippen LogP contribution in [0.1, 0.15) is 11.5 Å². The molecule has 0 amide bonds. The van der Waals surface area contributed by atoms with Gasteiger partial charge in [-0.25, -0.2) is 9.37 Å². The lowest BCUT2D eigenvalue weighted by Crippen LogP contribution is -2.09. The molecule has 0 saturated carbocycles. The number of nitrogens with one attached hydrogen (secondary N) is 1. The highest BCUT2D eigenvalue weighted by molar-refractivity contribution is 5.52. The quantitative estimate of drug-likeness (QED) is 0.561. The lowest BCUT2D eigenvalue weighted by atomic mass is 10.2. The van der Waals surface area contributed by atoms with Gasteiger partial charge in [0.1, 0.15) is 18.0 Å². The average molecular weight is 355 g/mol. The van der Waals surface area contributed by atoms with Gasteiger partial charge in [0, 0.05) is 18.7 Å². The van der Waals surface area contributed by atoms with Gasteiger partial charge in [-0.1, -0.05) is 11.2 Å². The normalized spacial score (nSPS) is 11.2. The molecule has 26 heavy (non-hydrogen) atoms. The molecule has 4 aromatic rings. The molecule has 132 valence electrons. The third-order valence-corrected chi connectivity index (χ3v) is 3.56. The largest absolute Gasteiger partial charge is 0.378 e. The van der Waals surface area contributed by atoms with Crippen LogP contribution in [0, 0.1) is 5.82 Å². The monoisotopic (exact) mass is 355 g/mol. The fourth-order valence-corrected chi connectivity index (χ4v) is 2.44. The van der Waals surface area contributed by atoms with Gasteiger partial charge >= 0.3 is 0 Å². The van der Waals surface area contributed by atoms with Crippen LogP contribution in [-0.4, -0.2) is 36.8 Å². The third-order valence-electron chi connectivity index (χ3n) is 3.56. The first kappa shape index (κ1) is 16.1. The molecule has 9 nitrogen and oxygen atoms in total. The number of rotatable bonds is 6. The lowest BCUT2D eigenvalue weighted by Gasteiger charge is -2.07. The summed E-state index contributed by atoms with van der Waals surface area (Å²) in [5.74, 6) is 1.42. The molecular formula is C16H14FN7O2. The van der Waals surface area contributed by atoms with Gasteiger partial charge in [-0.2, -0.15) is 19.6 Å². The van der Waals surface area contributed by atoms with E-state index in [-0.39, 0.29) is 18.3 Å². The minimum absolute atomic E-state index is 0.252. The molecule has 4 rings (SSSR count). The zero-order valence-corrected chi connectivity index (χ0v) is 13.8. The van der Waals surface area contributed by atoms with E-state index in [1.165, 1.54) is 18.5 Å². The fourth-order valence-electron chi connectivity index (χ4n) is 2.44. The van der Waals surface area contributed by atoms with Crippen molar-refractivity contribution in [3.63, 3.8) is 0 Å². The van der Waals surface area contributed by atoms with Gasteiger partial charge in [-0.05, 0) is 18.2 Å². The van der Waals surface area contributed by atoms with Crippen LogP contribution in [0.25, 0.3) is 17.2 Å². The summed E-state index contributed by atoms with van der Waals surface area (Å²) < 4.78 is 25.2. The van der Waals surface area contributed by atoms with E-state index >= 15 is 0 Å². The standard InChI is InChI=1S/C16H14FN7O2/c1-25-8-12-6-14(24-16(21-12)19-9-20-24)18-7-13-22-15(26-23-13)10-3-2-4-11(17)5-10/h2-6,9,18H,7-8H2,1H3. The number of hydrogen-bond acceptors (Lipinski definition) is 8. The number of aromatic nitrogens is 6. The van der Waals surface area contributed by atoms with Gasteiger partial charge in [0.25, 0.3) is 11.7 Å². The van der Waals surface area contributed by atoms with Gasteiger partial charge in [0.05, 0.1) is 18.8 Å². The zero-order chi connectivity index (χ0) is 17.9. The van der Waals surface area contributed by atoms with Crippen molar-refractivity contribution >= 4 is 11.6 Å². The van der Waals surface area contributed by atoms with Crippen molar-refractivity contribution < 1.29 is 13.7 Å². The van der Waals surface area contributed by atoms with E-state index in [0.717, 1.165) is 0 Å². The van der Waals surface area contributed by atoms with E-state index in [4.69, 9.17) is 9.26 Å². The molecule has 1 aromatic carbocycles. The van der Waals surface area contributed by atoms with E-state index in [2.05, 4.69) is 30.5 Å². The number of fused-ring (bicyclic) bond motifs is 1. The summed E-state index contributed by atoms with van der Waals surface area (Å²) in [5.41, 5.74) is 1.23. The number of halogens is 1. The maximum Gasteiger partial charge on any atom is 0.258 e. The molecule has 0 fully saturated rings. The van der Waals surface area contributed by atoms with Crippen molar-refractivity contribution in [1.82, 2.24) is 29.7 Å². The van der Waals surface area contributed by atoms with Crippen molar-refractivity contribution in [3.8, 4) is 11.5 Å². The Morgan fingerprint density at radius 1 is 1.27 bits per heavy atom. The SMILES string of the molecule is COCc1cc(NCc2noc(-c3cccc(F)c3)n2)n2ncnc2n1. The number of methoxy groups -OCH3 is 1. The fraction of sp³-hybridized carbons (Fsp3) is 0.188. The van der Waals surface area contributed by atoms with Crippen LogP contribution in [-0.2, 0) is 17.9 Å². The van der Waals surface area contributed by atoms with E-state index in [9.17, 15) is 4.39 Å². The summed E-state index contributed by atoms with van der Waals surface area (Å²) in [6, 6.07) is 7.78. The first-order chi connectivity index (χ1) is 12.7. The molecule has 1 N–H and O–H groups in total. The molecule has 0 spiro atoms. The molecule has 0 atom stereocenters. The minimum atomic E-state index is -0.364. The van der Waals surface area contributed by atoms with Crippen LogP contribution in [0.5, 0.6) is 0 Å². The Kier molecular flexibility index (Phi) is 4.23. The summed E-state index contributed by atoms with van der Waals surface area (Å²) in [5, 5.41) is 11.2. The second kappa shape index (κ2) is 6.84. The Hall–Kier alpha value is -3.40. The second-order valence-electron chi connectivity index (χ2n) is 5.42. The molecule has 0 unspecified atom stereocenters. The number of nitrogens with zero attached hydrogens (tertiary/aromatic N) is 6. The molecule has 3 aromatic heterocycles.